The molecule has 9 nitrogen and oxygen atoms in total. The number of nitro groups is 1. The van der Waals surface area contributed by atoms with Gasteiger partial charge in [-0.05, 0) is 31.5 Å². The second kappa shape index (κ2) is 6.79. The molecule has 0 aliphatic heterocycles. The lowest BCUT2D eigenvalue weighted by Gasteiger charge is -2.06. The molecule has 134 valence electrons. The van der Waals surface area contributed by atoms with Crippen LogP contribution in [0.2, 0.25) is 0 Å². The van der Waals surface area contributed by atoms with Gasteiger partial charge in [0.15, 0.2) is 0 Å². The molecule has 0 bridgehead atoms. The van der Waals surface area contributed by atoms with Crippen molar-refractivity contribution in [2.75, 3.05) is 5.32 Å². The van der Waals surface area contributed by atoms with Crippen LogP contribution in [0.25, 0.3) is 0 Å². The topological polar surface area (TPSA) is 108 Å². The third-order valence-corrected chi connectivity index (χ3v) is 4.04. The summed E-state index contributed by atoms with van der Waals surface area (Å²) in [7, 11) is 1.77. The van der Waals surface area contributed by atoms with E-state index in [0.29, 0.717) is 29.2 Å². The third kappa shape index (κ3) is 3.46. The average molecular weight is 354 g/mol. The second-order valence-corrected chi connectivity index (χ2v) is 5.99. The monoisotopic (exact) mass is 354 g/mol. The van der Waals surface area contributed by atoms with E-state index in [-0.39, 0.29) is 11.6 Å². The first kappa shape index (κ1) is 17.3. The Morgan fingerprint density at radius 1 is 1.27 bits per heavy atom. The zero-order valence-corrected chi connectivity index (χ0v) is 14.6. The van der Waals surface area contributed by atoms with Crippen molar-refractivity contribution in [3.63, 3.8) is 0 Å². The van der Waals surface area contributed by atoms with Crippen LogP contribution in [-0.2, 0) is 13.6 Å². The number of anilines is 1. The van der Waals surface area contributed by atoms with E-state index >= 15 is 0 Å². The molecule has 0 saturated carbocycles. The summed E-state index contributed by atoms with van der Waals surface area (Å²) >= 11 is 0. The van der Waals surface area contributed by atoms with E-state index < -0.39 is 4.92 Å². The summed E-state index contributed by atoms with van der Waals surface area (Å²) in [4.78, 5) is 22.9. The second-order valence-electron chi connectivity index (χ2n) is 5.99. The maximum Gasteiger partial charge on any atom is 0.312 e. The Bertz CT molecular complexity index is 971. The van der Waals surface area contributed by atoms with Crippen molar-refractivity contribution in [1.29, 1.82) is 0 Å². The molecular weight excluding hydrogens is 336 g/mol. The van der Waals surface area contributed by atoms with Crippen LogP contribution < -0.4 is 5.32 Å². The molecule has 0 radical (unpaired) electrons. The molecular formula is C17H18N6O3. The molecule has 9 heteroatoms. The number of benzene rings is 1. The van der Waals surface area contributed by atoms with Gasteiger partial charge >= 0.3 is 5.69 Å². The Kier molecular flexibility index (Phi) is 4.53. The first-order chi connectivity index (χ1) is 12.3. The normalized spacial score (nSPS) is 10.7. The molecule has 2 aromatic heterocycles. The van der Waals surface area contributed by atoms with E-state index in [1.807, 2.05) is 0 Å². The Labute approximate surface area is 149 Å². The van der Waals surface area contributed by atoms with Crippen molar-refractivity contribution in [3.8, 4) is 0 Å². The number of hydrogen-bond donors (Lipinski definition) is 1. The van der Waals surface area contributed by atoms with Crippen molar-refractivity contribution in [2.45, 2.75) is 20.4 Å². The highest BCUT2D eigenvalue weighted by atomic mass is 16.6. The quantitative estimate of drug-likeness (QED) is 0.559. The number of aryl methyl sites for hydroxylation is 2. The van der Waals surface area contributed by atoms with Crippen LogP contribution >= 0.6 is 0 Å². The van der Waals surface area contributed by atoms with E-state index in [2.05, 4.69) is 15.5 Å². The lowest BCUT2D eigenvalue weighted by atomic mass is 10.1. The minimum Gasteiger partial charge on any atom is -0.319 e. The first-order valence-corrected chi connectivity index (χ1v) is 7.92. The summed E-state index contributed by atoms with van der Waals surface area (Å²) < 4.78 is 3.20. The highest BCUT2D eigenvalue weighted by Gasteiger charge is 2.21. The molecule has 0 fully saturated rings. The van der Waals surface area contributed by atoms with E-state index in [1.165, 1.54) is 0 Å². The maximum absolute atomic E-state index is 12.2. The largest absolute Gasteiger partial charge is 0.319 e. The van der Waals surface area contributed by atoms with Crippen molar-refractivity contribution in [3.05, 3.63) is 69.3 Å². The standard InChI is InChI=1S/C17H18N6O3/c1-11-16(23(25)26)12(2)22(20-11)9-13-4-6-14(7-5-13)17(24)19-15-8-18-21(3)10-15/h4-8,10H,9H2,1-3H3,(H,19,24). The van der Waals surface area contributed by atoms with Gasteiger partial charge < -0.3 is 5.32 Å². The minimum atomic E-state index is -0.417. The summed E-state index contributed by atoms with van der Waals surface area (Å²) in [5.41, 5.74) is 2.96. The average Bonchev–Trinajstić information content (AvgIpc) is 3.11. The Morgan fingerprint density at radius 3 is 2.50 bits per heavy atom. The van der Waals surface area contributed by atoms with Crippen molar-refractivity contribution in [2.24, 2.45) is 7.05 Å². The van der Waals surface area contributed by atoms with Crippen LogP contribution in [0.5, 0.6) is 0 Å². The third-order valence-electron chi connectivity index (χ3n) is 4.04. The Hall–Kier alpha value is -3.49. The Balaban J connectivity index is 1.73. The first-order valence-electron chi connectivity index (χ1n) is 7.92. The van der Waals surface area contributed by atoms with E-state index in [4.69, 9.17) is 0 Å². The van der Waals surface area contributed by atoms with Gasteiger partial charge in [-0.15, -0.1) is 0 Å². The van der Waals surface area contributed by atoms with Gasteiger partial charge in [-0.25, -0.2) is 0 Å². The van der Waals surface area contributed by atoms with E-state index in [9.17, 15) is 14.9 Å². The van der Waals surface area contributed by atoms with Crippen molar-refractivity contribution < 1.29 is 9.72 Å². The summed E-state index contributed by atoms with van der Waals surface area (Å²) in [5.74, 6) is -0.230. The maximum atomic E-state index is 12.2. The highest BCUT2D eigenvalue weighted by molar-refractivity contribution is 6.04. The molecule has 0 unspecified atom stereocenters. The van der Waals surface area contributed by atoms with Crippen LogP contribution in [-0.4, -0.2) is 30.4 Å². The molecule has 1 N–H and O–H groups in total. The predicted octanol–water partition coefficient (Wildman–Crippen LogP) is 2.44. The number of carbonyl (C=O) groups excluding carboxylic acids is 1. The Morgan fingerprint density at radius 2 is 1.96 bits per heavy atom. The van der Waals surface area contributed by atoms with Gasteiger partial charge in [-0.3, -0.25) is 24.3 Å². The zero-order chi connectivity index (χ0) is 18.8. The predicted molar refractivity (Wildman–Crippen MR) is 95.1 cm³/mol. The van der Waals surface area contributed by atoms with Gasteiger partial charge in [0.1, 0.15) is 11.4 Å². The summed E-state index contributed by atoms with van der Waals surface area (Å²) in [6, 6.07) is 7.03. The molecule has 0 aliphatic rings. The lowest BCUT2D eigenvalue weighted by Crippen LogP contribution is -2.11. The van der Waals surface area contributed by atoms with Gasteiger partial charge in [-0.2, -0.15) is 10.2 Å². The smallest absolute Gasteiger partial charge is 0.312 e. The molecule has 1 aromatic carbocycles. The van der Waals surface area contributed by atoms with Crippen LogP contribution in [0.4, 0.5) is 11.4 Å². The molecule has 26 heavy (non-hydrogen) atoms. The molecule has 0 saturated heterocycles. The number of nitrogens with zero attached hydrogens (tertiary/aromatic N) is 5. The molecule has 1 amide bonds. The molecule has 0 atom stereocenters. The number of nitrogens with one attached hydrogen (secondary N) is 1. The van der Waals surface area contributed by atoms with Crippen molar-refractivity contribution >= 4 is 17.3 Å². The fourth-order valence-corrected chi connectivity index (χ4v) is 2.73. The number of carbonyl (C=O) groups is 1. The summed E-state index contributed by atoms with van der Waals surface area (Å²) in [6.45, 7) is 3.69. The molecule has 0 aliphatic carbocycles. The number of aromatic nitrogens is 4. The SMILES string of the molecule is Cc1nn(Cc2ccc(C(=O)Nc3cnn(C)c3)cc2)c(C)c1[N+](=O)[O-]. The molecule has 2 heterocycles. The number of rotatable bonds is 5. The van der Waals surface area contributed by atoms with Crippen LogP contribution in [0, 0.1) is 24.0 Å². The number of amides is 1. The lowest BCUT2D eigenvalue weighted by molar-refractivity contribution is -0.386. The van der Waals surface area contributed by atoms with Crippen molar-refractivity contribution in [1.82, 2.24) is 19.6 Å². The van der Waals surface area contributed by atoms with E-state index in [0.717, 1.165) is 5.56 Å². The molecule has 3 aromatic rings. The molecule has 3 rings (SSSR count). The van der Waals surface area contributed by atoms with Gasteiger partial charge in [0.25, 0.3) is 5.91 Å². The summed E-state index contributed by atoms with van der Waals surface area (Å²) in [6.07, 6.45) is 3.28. The van der Waals surface area contributed by atoms with Crippen LogP contribution in [0.3, 0.4) is 0 Å². The molecule has 0 spiro atoms. The highest BCUT2D eigenvalue weighted by Crippen LogP contribution is 2.22. The summed E-state index contributed by atoms with van der Waals surface area (Å²) in [5, 5.41) is 22.1. The van der Waals surface area contributed by atoms with Gasteiger partial charge in [0.05, 0.1) is 23.4 Å². The van der Waals surface area contributed by atoms with Gasteiger partial charge in [0, 0.05) is 18.8 Å². The fourth-order valence-electron chi connectivity index (χ4n) is 2.73. The van der Waals surface area contributed by atoms with E-state index in [1.54, 1.807) is 66.9 Å². The van der Waals surface area contributed by atoms with Crippen LogP contribution in [0.1, 0.15) is 27.3 Å². The minimum absolute atomic E-state index is 0.0393. The van der Waals surface area contributed by atoms with Crippen LogP contribution in [0.15, 0.2) is 36.7 Å². The fraction of sp³-hybridized carbons (Fsp3) is 0.235. The van der Waals surface area contributed by atoms with Gasteiger partial charge in [-0.1, -0.05) is 12.1 Å². The number of hydrogen-bond acceptors (Lipinski definition) is 5. The van der Waals surface area contributed by atoms with Gasteiger partial charge in [0.2, 0.25) is 0 Å². The zero-order valence-electron chi connectivity index (χ0n) is 14.6.